The third kappa shape index (κ3) is 5.47. The molecule has 2 atom stereocenters. The summed E-state index contributed by atoms with van der Waals surface area (Å²) in [6, 6.07) is 0.792. The van der Waals surface area contributed by atoms with Crippen molar-refractivity contribution in [2.24, 2.45) is 0 Å². The number of halogens is 5. The van der Waals surface area contributed by atoms with Gasteiger partial charge in [-0.3, -0.25) is 4.79 Å². The quantitative estimate of drug-likeness (QED) is 0.613. The second-order valence-corrected chi connectivity index (χ2v) is 5.68. The van der Waals surface area contributed by atoms with Gasteiger partial charge >= 0.3 is 5.57 Å². The predicted octanol–water partition coefficient (Wildman–Crippen LogP) is 3.81. The predicted molar refractivity (Wildman–Crippen MR) is 75.2 cm³/mol. The van der Waals surface area contributed by atoms with E-state index in [2.05, 4.69) is 42.6 Å². The standard InChI is InChI=1S/C11H11BrCl2F2N2O2/c1-5(6(2)20-11(14,15)16)18-10(19)7-3-8(12)9(13)17-4-7/h3-6H,1-2H3,(H,18,19)/t5-,6?/m1/s1. The number of hydrogen-bond donors (Lipinski definition) is 1. The summed E-state index contributed by atoms with van der Waals surface area (Å²) in [5.74, 6) is -0.490. The van der Waals surface area contributed by atoms with Crippen molar-refractivity contribution in [2.45, 2.75) is 31.6 Å². The van der Waals surface area contributed by atoms with Crippen molar-refractivity contribution in [1.82, 2.24) is 10.3 Å². The van der Waals surface area contributed by atoms with Crippen LogP contribution < -0.4 is 5.32 Å². The second kappa shape index (κ2) is 6.98. The van der Waals surface area contributed by atoms with Crippen LogP contribution in [0.5, 0.6) is 0 Å². The molecule has 1 amide bonds. The van der Waals surface area contributed by atoms with E-state index in [-0.39, 0.29) is 10.7 Å². The third-order valence-electron chi connectivity index (χ3n) is 2.44. The minimum Gasteiger partial charge on any atom is -0.347 e. The van der Waals surface area contributed by atoms with Crippen LogP contribution in [-0.4, -0.2) is 28.6 Å². The highest BCUT2D eigenvalue weighted by Gasteiger charge is 2.31. The average molecular weight is 392 g/mol. The molecule has 20 heavy (non-hydrogen) atoms. The molecule has 1 rings (SSSR count). The lowest BCUT2D eigenvalue weighted by atomic mass is 10.2. The van der Waals surface area contributed by atoms with Gasteiger partial charge < -0.3 is 10.1 Å². The van der Waals surface area contributed by atoms with Gasteiger partial charge in [-0.05, 0) is 47.4 Å². The summed E-state index contributed by atoms with van der Waals surface area (Å²) < 4.78 is 29.7. The highest BCUT2D eigenvalue weighted by Crippen LogP contribution is 2.23. The summed E-state index contributed by atoms with van der Waals surface area (Å²) in [5, 5.41) is 2.72. The van der Waals surface area contributed by atoms with Gasteiger partial charge in [-0.1, -0.05) is 11.6 Å². The number of carbonyl (C=O) groups excluding carboxylic acids is 1. The zero-order valence-electron chi connectivity index (χ0n) is 10.5. The number of amides is 1. The molecule has 1 unspecified atom stereocenters. The minimum atomic E-state index is -3.77. The largest absolute Gasteiger partial charge is 0.440 e. The Balaban J connectivity index is 2.67. The first kappa shape index (κ1) is 17.6. The number of rotatable bonds is 5. The lowest BCUT2D eigenvalue weighted by Crippen LogP contribution is -2.42. The fourth-order valence-electron chi connectivity index (χ4n) is 1.27. The summed E-state index contributed by atoms with van der Waals surface area (Å²) >= 11 is 13.5. The number of alkyl halides is 3. The lowest BCUT2D eigenvalue weighted by Gasteiger charge is -2.23. The molecule has 0 spiro atoms. The molecular formula is C11H11BrCl2F2N2O2. The highest BCUT2D eigenvalue weighted by atomic mass is 79.9. The van der Waals surface area contributed by atoms with Crippen molar-refractivity contribution < 1.29 is 18.3 Å². The molecule has 0 saturated heterocycles. The Labute approximate surface area is 132 Å². The van der Waals surface area contributed by atoms with Crippen LogP contribution in [0.4, 0.5) is 8.78 Å². The number of aromatic nitrogens is 1. The van der Waals surface area contributed by atoms with Crippen LogP contribution in [0.3, 0.4) is 0 Å². The van der Waals surface area contributed by atoms with Crippen LogP contribution >= 0.6 is 39.1 Å². The van der Waals surface area contributed by atoms with Gasteiger partial charge in [0.05, 0.1) is 22.2 Å². The number of nitrogens with one attached hydrogen (secondary N) is 1. The van der Waals surface area contributed by atoms with Gasteiger partial charge in [0.25, 0.3) is 5.91 Å². The first-order valence-corrected chi connectivity index (χ1v) is 7.01. The maximum absolute atomic E-state index is 12.5. The molecule has 1 aromatic rings. The van der Waals surface area contributed by atoms with E-state index in [1.165, 1.54) is 26.1 Å². The van der Waals surface area contributed by atoms with Crippen molar-refractivity contribution in [2.75, 3.05) is 0 Å². The Morgan fingerprint density at radius 1 is 1.55 bits per heavy atom. The monoisotopic (exact) mass is 390 g/mol. The smallest absolute Gasteiger partial charge is 0.347 e. The van der Waals surface area contributed by atoms with E-state index in [1.54, 1.807) is 0 Å². The van der Waals surface area contributed by atoms with E-state index in [4.69, 9.17) is 11.6 Å². The Hall–Kier alpha value is -0.500. The van der Waals surface area contributed by atoms with E-state index in [0.29, 0.717) is 4.47 Å². The minimum absolute atomic E-state index is 0.216. The fraction of sp³-hybridized carbons (Fsp3) is 0.455. The summed E-state index contributed by atoms with van der Waals surface area (Å²) in [7, 11) is 0. The topological polar surface area (TPSA) is 51.2 Å². The maximum atomic E-state index is 12.5. The molecule has 1 N–H and O–H groups in total. The van der Waals surface area contributed by atoms with Gasteiger partial charge in [0.15, 0.2) is 0 Å². The molecule has 0 aliphatic heterocycles. The van der Waals surface area contributed by atoms with Crippen LogP contribution in [-0.2, 0) is 4.74 Å². The Bertz CT molecular complexity index is 500. The molecular weight excluding hydrogens is 381 g/mol. The third-order valence-corrected chi connectivity index (χ3v) is 3.66. The molecule has 0 aliphatic rings. The van der Waals surface area contributed by atoms with E-state index in [1.807, 2.05) is 0 Å². The Kier molecular flexibility index (Phi) is 6.12. The fourth-order valence-corrected chi connectivity index (χ4v) is 1.86. The molecule has 4 nitrogen and oxygen atoms in total. The molecule has 9 heteroatoms. The summed E-state index contributed by atoms with van der Waals surface area (Å²) in [4.78, 5) is 15.7. The van der Waals surface area contributed by atoms with Crippen molar-refractivity contribution in [3.05, 3.63) is 27.5 Å². The number of nitrogens with zero attached hydrogens (tertiary/aromatic N) is 1. The van der Waals surface area contributed by atoms with Crippen molar-refractivity contribution in [3.8, 4) is 0 Å². The number of hydrogen-bond acceptors (Lipinski definition) is 3. The van der Waals surface area contributed by atoms with E-state index < -0.39 is 23.6 Å². The normalized spacial score (nSPS) is 14.8. The molecule has 0 fully saturated rings. The van der Waals surface area contributed by atoms with Gasteiger partial charge in [0, 0.05) is 6.20 Å². The molecule has 0 bridgehead atoms. The molecule has 0 radical (unpaired) electrons. The first-order chi connectivity index (χ1) is 9.10. The second-order valence-electron chi connectivity index (χ2n) is 4.03. The first-order valence-electron chi connectivity index (χ1n) is 5.46. The maximum Gasteiger partial charge on any atom is 0.440 e. The SMILES string of the molecule is CC(OC(F)(F)Cl)[C@@H](C)NC(=O)c1cnc(Cl)c(Br)c1. The number of pyridine rings is 1. The van der Waals surface area contributed by atoms with Gasteiger partial charge in [0.2, 0.25) is 0 Å². The van der Waals surface area contributed by atoms with Gasteiger partial charge in [0.1, 0.15) is 5.15 Å². The lowest BCUT2D eigenvalue weighted by molar-refractivity contribution is -0.200. The van der Waals surface area contributed by atoms with Gasteiger partial charge in [-0.25, -0.2) is 4.98 Å². The van der Waals surface area contributed by atoms with Crippen LogP contribution in [0.2, 0.25) is 5.15 Å². The number of ether oxygens (including phenoxy) is 1. The van der Waals surface area contributed by atoms with Crippen molar-refractivity contribution in [3.63, 3.8) is 0 Å². The highest BCUT2D eigenvalue weighted by molar-refractivity contribution is 9.10. The molecule has 0 aliphatic carbocycles. The molecule has 1 aromatic heterocycles. The average Bonchev–Trinajstić information content (AvgIpc) is 2.30. The van der Waals surface area contributed by atoms with E-state index >= 15 is 0 Å². The van der Waals surface area contributed by atoms with Crippen molar-refractivity contribution >= 4 is 45.0 Å². The van der Waals surface area contributed by atoms with E-state index in [9.17, 15) is 13.6 Å². The summed E-state index contributed by atoms with van der Waals surface area (Å²) in [6.07, 6.45) is 0.298. The molecule has 0 saturated carbocycles. The molecule has 0 aromatic carbocycles. The summed E-state index contributed by atoms with van der Waals surface area (Å²) in [6.45, 7) is 2.89. The summed E-state index contributed by atoms with van der Waals surface area (Å²) in [5.41, 5.74) is -3.54. The van der Waals surface area contributed by atoms with Gasteiger partial charge in [-0.15, -0.1) is 0 Å². The van der Waals surface area contributed by atoms with Crippen LogP contribution in [0.1, 0.15) is 24.2 Å². The van der Waals surface area contributed by atoms with Crippen LogP contribution in [0.15, 0.2) is 16.7 Å². The number of carbonyl (C=O) groups is 1. The Morgan fingerprint density at radius 2 is 2.15 bits per heavy atom. The zero-order chi connectivity index (χ0) is 15.5. The Morgan fingerprint density at radius 3 is 2.65 bits per heavy atom. The van der Waals surface area contributed by atoms with Crippen molar-refractivity contribution in [1.29, 1.82) is 0 Å². The van der Waals surface area contributed by atoms with Gasteiger partial charge in [-0.2, -0.15) is 8.78 Å². The molecule has 1 heterocycles. The van der Waals surface area contributed by atoms with Crippen LogP contribution in [0, 0.1) is 0 Å². The van der Waals surface area contributed by atoms with E-state index in [0.717, 1.165) is 0 Å². The van der Waals surface area contributed by atoms with Crippen LogP contribution in [0.25, 0.3) is 0 Å². The zero-order valence-corrected chi connectivity index (χ0v) is 13.6. The molecule has 112 valence electrons.